The third-order valence-electron chi connectivity index (χ3n) is 4.87. The molecule has 0 aromatic carbocycles. The second-order valence-electron chi connectivity index (χ2n) is 6.68. The molecule has 3 heteroatoms. The molecule has 1 aliphatic carbocycles. The van der Waals surface area contributed by atoms with Crippen molar-refractivity contribution in [3.05, 3.63) is 0 Å². The Morgan fingerprint density at radius 2 is 1.89 bits per heavy atom. The van der Waals surface area contributed by atoms with Gasteiger partial charge in [-0.05, 0) is 56.5 Å². The molecular weight excluding hydrogens is 238 g/mol. The second-order valence-corrected chi connectivity index (χ2v) is 6.68. The van der Waals surface area contributed by atoms with Crippen LogP contribution in [0.2, 0.25) is 0 Å². The molecule has 3 atom stereocenters. The van der Waals surface area contributed by atoms with E-state index in [4.69, 9.17) is 4.74 Å². The number of carbonyl (C=O) groups is 1. The second kappa shape index (κ2) is 7.28. The van der Waals surface area contributed by atoms with E-state index in [1.165, 1.54) is 38.5 Å². The van der Waals surface area contributed by atoms with Gasteiger partial charge in [0.1, 0.15) is 0 Å². The zero-order valence-corrected chi connectivity index (χ0v) is 12.6. The van der Waals surface area contributed by atoms with Crippen molar-refractivity contribution in [3.8, 4) is 0 Å². The van der Waals surface area contributed by atoms with Crippen LogP contribution in [0.4, 0.5) is 0 Å². The fraction of sp³-hybridized carbons (Fsp3) is 0.938. The molecule has 1 heterocycles. The van der Waals surface area contributed by atoms with Crippen molar-refractivity contribution in [3.63, 3.8) is 0 Å². The Kier molecular flexibility index (Phi) is 5.68. The van der Waals surface area contributed by atoms with E-state index in [1.54, 1.807) is 0 Å². The molecule has 2 fully saturated rings. The van der Waals surface area contributed by atoms with Crippen LogP contribution in [0.3, 0.4) is 0 Å². The number of likely N-dealkylation sites (tertiary alicyclic amines) is 1. The molecule has 0 N–H and O–H groups in total. The largest absolute Gasteiger partial charge is 0.464 e. The maximum Gasteiger partial charge on any atom is 0.320 e. The Bertz CT molecular complexity index is 286. The summed E-state index contributed by atoms with van der Waals surface area (Å²) in [4.78, 5) is 14.1. The van der Waals surface area contributed by atoms with Gasteiger partial charge in [-0.1, -0.05) is 26.7 Å². The molecule has 0 amide bonds. The van der Waals surface area contributed by atoms with Gasteiger partial charge in [0.25, 0.3) is 0 Å². The van der Waals surface area contributed by atoms with Crippen LogP contribution in [0.5, 0.6) is 0 Å². The summed E-state index contributed by atoms with van der Waals surface area (Å²) < 4.78 is 5.51. The summed E-state index contributed by atoms with van der Waals surface area (Å²) in [5.41, 5.74) is 0. The van der Waals surface area contributed by atoms with Gasteiger partial charge in [0.15, 0.2) is 0 Å². The number of esters is 1. The third-order valence-corrected chi connectivity index (χ3v) is 4.87. The molecule has 0 bridgehead atoms. The summed E-state index contributed by atoms with van der Waals surface area (Å²) in [6, 6.07) is 0. The normalized spacial score (nSPS) is 33.1. The molecule has 0 radical (unpaired) electrons. The maximum absolute atomic E-state index is 11.9. The molecule has 1 aliphatic heterocycles. The summed E-state index contributed by atoms with van der Waals surface area (Å²) >= 11 is 0. The van der Waals surface area contributed by atoms with Gasteiger partial charge in [-0.3, -0.25) is 9.69 Å². The molecule has 110 valence electrons. The van der Waals surface area contributed by atoms with Crippen LogP contribution in [0.25, 0.3) is 0 Å². The number of carbonyl (C=O) groups excluding carboxylic acids is 1. The lowest BCUT2D eigenvalue weighted by Crippen LogP contribution is -2.36. The van der Waals surface area contributed by atoms with Gasteiger partial charge in [-0.2, -0.15) is 0 Å². The highest BCUT2D eigenvalue weighted by Gasteiger charge is 2.26. The minimum atomic E-state index is -0.0206. The van der Waals surface area contributed by atoms with E-state index in [2.05, 4.69) is 18.7 Å². The highest BCUT2D eigenvalue weighted by molar-refractivity contribution is 5.71. The summed E-state index contributed by atoms with van der Waals surface area (Å²) in [5, 5.41) is 0. The van der Waals surface area contributed by atoms with Crippen molar-refractivity contribution in [1.29, 1.82) is 0 Å². The Morgan fingerprint density at radius 1 is 1.16 bits per heavy atom. The van der Waals surface area contributed by atoms with Gasteiger partial charge >= 0.3 is 5.97 Å². The lowest BCUT2D eigenvalue weighted by atomic mass is 9.76. The molecule has 0 aromatic rings. The van der Waals surface area contributed by atoms with Crippen LogP contribution in [-0.2, 0) is 9.53 Å². The van der Waals surface area contributed by atoms with Crippen LogP contribution in [0.1, 0.15) is 52.4 Å². The average molecular weight is 267 g/mol. The van der Waals surface area contributed by atoms with E-state index in [-0.39, 0.29) is 5.97 Å². The SMILES string of the molecule is C[C@H]1CC[C@H](COC(=O)CN2CCCCC2)[C@@H](C)C1. The number of ether oxygens (including phenoxy) is 1. The highest BCUT2D eigenvalue weighted by Crippen LogP contribution is 2.33. The van der Waals surface area contributed by atoms with Crippen LogP contribution >= 0.6 is 0 Å². The third kappa shape index (κ3) is 4.79. The zero-order chi connectivity index (χ0) is 13.7. The van der Waals surface area contributed by atoms with E-state index in [9.17, 15) is 4.79 Å². The minimum absolute atomic E-state index is 0.0206. The quantitative estimate of drug-likeness (QED) is 0.733. The van der Waals surface area contributed by atoms with Gasteiger partial charge in [-0.25, -0.2) is 0 Å². The summed E-state index contributed by atoms with van der Waals surface area (Å²) in [5.74, 6) is 2.11. The van der Waals surface area contributed by atoms with E-state index in [0.29, 0.717) is 25.0 Å². The Morgan fingerprint density at radius 3 is 2.58 bits per heavy atom. The number of hydrogen-bond acceptors (Lipinski definition) is 3. The fourth-order valence-electron chi connectivity index (χ4n) is 3.52. The van der Waals surface area contributed by atoms with Crippen molar-refractivity contribution in [2.45, 2.75) is 52.4 Å². The Labute approximate surface area is 117 Å². The average Bonchev–Trinajstić information content (AvgIpc) is 2.39. The van der Waals surface area contributed by atoms with Gasteiger partial charge in [-0.15, -0.1) is 0 Å². The topological polar surface area (TPSA) is 29.5 Å². The van der Waals surface area contributed by atoms with Gasteiger partial charge in [0, 0.05) is 0 Å². The summed E-state index contributed by atoms with van der Waals surface area (Å²) in [6.45, 7) is 7.89. The molecule has 3 nitrogen and oxygen atoms in total. The van der Waals surface area contributed by atoms with Crippen molar-refractivity contribution in [1.82, 2.24) is 4.90 Å². The summed E-state index contributed by atoms with van der Waals surface area (Å²) in [6.07, 6.45) is 7.56. The zero-order valence-electron chi connectivity index (χ0n) is 12.6. The number of nitrogens with zero attached hydrogens (tertiary/aromatic N) is 1. The molecule has 0 aromatic heterocycles. The highest BCUT2D eigenvalue weighted by atomic mass is 16.5. The molecule has 0 spiro atoms. The number of hydrogen-bond donors (Lipinski definition) is 0. The lowest BCUT2D eigenvalue weighted by Gasteiger charge is -2.32. The standard InChI is InChI=1S/C16H29NO2/c1-13-6-7-15(14(2)10-13)12-19-16(18)11-17-8-4-3-5-9-17/h13-15H,3-12H2,1-2H3/t13-,14-,15+/m0/s1. The monoisotopic (exact) mass is 267 g/mol. The predicted octanol–water partition coefficient (Wildman–Crippen LogP) is 3.09. The van der Waals surface area contributed by atoms with Gasteiger partial charge in [0.2, 0.25) is 0 Å². The molecule has 1 saturated heterocycles. The molecular formula is C16H29NO2. The van der Waals surface area contributed by atoms with Crippen molar-refractivity contribution in [2.24, 2.45) is 17.8 Å². The van der Waals surface area contributed by atoms with E-state index in [0.717, 1.165) is 19.0 Å². The van der Waals surface area contributed by atoms with Crippen molar-refractivity contribution < 1.29 is 9.53 Å². The Balaban J connectivity index is 1.65. The first-order chi connectivity index (χ1) is 9.15. The van der Waals surface area contributed by atoms with E-state index < -0.39 is 0 Å². The first-order valence-corrected chi connectivity index (χ1v) is 8.03. The summed E-state index contributed by atoms with van der Waals surface area (Å²) in [7, 11) is 0. The number of rotatable bonds is 4. The van der Waals surface area contributed by atoms with Crippen LogP contribution < -0.4 is 0 Å². The number of piperidine rings is 1. The van der Waals surface area contributed by atoms with E-state index >= 15 is 0 Å². The molecule has 19 heavy (non-hydrogen) atoms. The molecule has 1 saturated carbocycles. The maximum atomic E-state index is 11.9. The minimum Gasteiger partial charge on any atom is -0.464 e. The van der Waals surface area contributed by atoms with E-state index in [1.807, 2.05) is 0 Å². The fourth-order valence-corrected chi connectivity index (χ4v) is 3.52. The van der Waals surface area contributed by atoms with Crippen LogP contribution in [0.15, 0.2) is 0 Å². The first kappa shape index (κ1) is 14.8. The predicted molar refractivity (Wildman–Crippen MR) is 76.9 cm³/mol. The Hall–Kier alpha value is -0.570. The molecule has 0 unspecified atom stereocenters. The van der Waals surface area contributed by atoms with Crippen molar-refractivity contribution in [2.75, 3.05) is 26.2 Å². The molecule has 2 aliphatic rings. The smallest absolute Gasteiger partial charge is 0.320 e. The lowest BCUT2D eigenvalue weighted by molar-refractivity contribution is -0.147. The first-order valence-electron chi connectivity index (χ1n) is 8.03. The van der Waals surface area contributed by atoms with Crippen LogP contribution in [-0.4, -0.2) is 37.1 Å². The van der Waals surface area contributed by atoms with Crippen LogP contribution in [0, 0.1) is 17.8 Å². The van der Waals surface area contributed by atoms with Gasteiger partial charge < -0.3 is 4.74 Å². The van der Waals surface area contributed by atoms with Crippen molar-refractivity contribution >= 4 is 5.97 Å². The van der Waals surface area contributed by atoms with Gasteiger partial charge in [0.05, 0.1) is 13.2 Å². The molecule has 2 rings (SSSR count).